The minimum absolute atomic E-state index is 0.000590. The number of benzene rings is 4. The van der Waals surface area contributed by atoms with E-state index in [0.717, 1.165) is 52.3 Å². The highest BCUT2D eigenvalue weighted by atomic mass is 16.5. The molecule has 4 aromatic carbocycles. The second kappa shape index (κ2) is 10.3. The van der Waals surface area contributed by atoms with Crippen molar-refractivity contribution < 1.29 is 9.15 Å². The molecule has 3 aliphatic rings. The lowest BCUT2D eigenvalue weighted by molar-refractivity contribution is 0.320. The van der Waals surface area contributed by atoms with Crippen LogP contribution in [-0.2, 0) is 27.1 Å². The minimum atomic E-state index is -0.0884. The van der Waals surface area contributed by atoms with Crippen LogP contribution in [0.25, 0.3) is 11.0 Å². The van der Waals surface area contributed by atoms with Crippen LogP contribution in [0.4, 0.5) is 17.1 Å². The predicted molar refractivity (Wildman–Crippen MR) is 213 cm³/mol. The summed E-state index contributed by atoms with van der Waals surface area (Å²) in [7, 11) is 0. The van der Waals surface area contributed by atoms with Crippen molar-refractivity contribution in [2.75, 3.05) is 4.90 Å². The second-order valence-electron chi connectivity index (χ2n) is 19.8. The fourth-order valence-electron chi connectivity index (χ4n) is 8.69. The standard InChI is InChI=1S/C46H54BNO2/c1-42(2,3)27-14-17-30(18-15-27)48-34-25-29(44(7,8)9)26-36-38(34)47(41-39(48)31-24-28(43(4,5)6)16-21-35(31)50-41)33-20-19-32-37(40(33)49-36)46(12,13)23-22-45(32,10)11/h14-21,24-26H,22-23H2,1-13H3. The van der Waals surface area contributed by atoms with Crippen molar-refractivity contribution in [3.05, 3.63) is 94.5 Å². The Hall–Kier alpha value is -3.92. The molecule has 0 radical (unpaired) electrons. The highest BCUT2D eigenvalue weighted by molar-refractivity contribution is 6.99. The van der Waals surface area contributed by atoms with Gasteiger partial charge in [-0.1, -0.05) is 120 Å². The third kappa shape index (κ3) is 4.91. The van der Waals surface area contributed by atoms with E-state index in [2.05, 4.69) is 162 Å². The number of furan rings is 1. The lowest BCUT2D eigenvalue weighted by atomic mass is 9.35. The molecule has 0 fully saturated rings. The normalized spacial score (nSPS) is 17.5. The van der Waals surface area contributed by atoms with Crippen LogP contribution in [0.2, 0.25) is 0 Å². The number of fused-ring (bicyclic) bond motifs is 8. The Morgan fingerprint density at radius 2 is 1.28 bits per heavy atom. The van der Waals surface area contributed by atoms with Crippen LogP contribution >= 0.6 is 0 Å². The number of rotatable bonds is 1. The van der Waals surface area contributed by atoms with Gasteiger partial charge in [0.15, 0.2) is 0 Å². The Bertz CT molecular complexity index is 2200. The Balaban J connectivity index is 1.49. The zero-order valence-corrected chi connectivity index (χ0v) is 32.6. The molecule has 0 saturated carbocycles. The number of anilines is 3. The topological polar surface area (TPSA) is 25.6 Å². The number of nitrogens with zero attached hydrogens (tertiary/aromatic N) is 1. The van der Waals surface area contributed by atoms with Gasteiger partial charge in [-0.05, 0) is 104 Å². The van der Waals surface area contributed by atoms with Crippen LogP contribution in [0.1, 0.15) is 131 Å². The Morgan fingerprint density at radius 3 is 1.92 bits per heavy atom. The molecule has 0 N–H and O–H groups in total. The summed E-state index contributed by atoms with van der Waals surface area (Å²) in [5, 5.41) is 1.16. The molecule has 0 unspecified atom stereocenters. The third-order valence-corrected chi connectivity index (χ3v) is 12.0. The summed E-state index contributed by atoms with van der Waals surface area (Å²) >= 11 is 0. The maximum Gasteiger partial charge on any atom is 0.301 e. The molecule has 3 heterocycles. The van der Waals surface area contributed by atoms with Gasteiger partial charge < -0.3 is 14.1 Å². The van der Waals surface area contributed by atoms with Crippen molar-refractivity contribution in [3.63, 3.8) is 0 Å². The first-order chi connectivity index (χ1) is 23.2. The maximum atomic E-state index is 7.32. The molecule has 4 heteroatoms. The second-order valence-corrected chi connectivity index (χ2v) is 19.8. The van der Waals surface area contributed by atoms with Gasteiger partial charge in [0.25, 0.3) is 0 Å². The first-order valence-electron chi connectivity index (χ1n) is 18.7. The van der Waals surface area contributed by atoms with Gasteiger partial charge >= 0.3 is 6.71 Å². The first kappa shape index (κ1) is 33.2. The van der Waals surface area contributed by atoms with E-state index in [1.54, 1.807) is 0 Å². The lowest BCUT2D eigenvalue weighted by Crippen LogP contribution is -2.59. The van der Waals surface area contributed by atoms with Crippen LogP contribution in [-0.4, -0.2) is 6.71 Å². The van der Waals surface area contributed by atoms with E-state index in [9.17, 15) is 0 Å². The van der Waals surface area contributed by atoms with Gasteiger partial charge in [-0.25, -0.2) is 0 Å². The molecule has 0 atom stereocenters. The smallest absolute Gasteiger partial charge is 0.301 e. The molecule has 2 aliphatic heterocycles. The van der Waals surface area contributed by atoms with Crippen LogP contribution in [0, 0.1) is 0 Å². The van der Waals surface area contributed by atoms with Crippen molar-refractivity contribution in [1.29, 1.82) is 0 Å². The van der Waals surface area contributed by atoms with Crippen LogP contribution < -0.4 is 26.2 Å². The SMILES string of the molecule is CC(C)(C)c1ccc(N2c3cc(C(C)(C)C)cc4c3B(c3ccc5c(c3O4)C(C)(C)CCC5(C)C)c3oc4ccc(C(C)(C)C)cc4c32)cc1. The third-order valence-electron chi connectivity index (χ3n) is 12.0. The molecule has 1 aromatic heterocycles. The summed E-state index contributed by atoms with van der Waals surface area (Å²) in [6, 6.07) is 25.5. The Morgan fingerprint density at radius 1 is 0.660 bits per heavy atom. The van der Waals surface area contributed by atoms with E-state index in [0.29, 0.717) is 0 Å². The first-order valence-corrected chi connectivity index (χ1v) is 18.7. The van der Waals surface area contributed by atoms with Crippen molar-refractivity contribution in [2.45, 2.75) is 130 Å². The summed E-state index contributed by atoms with van der Waals surface area (Å²) in [6.45, 7) is 30.2. The molecule has 5 aromatic rings. The van der Waals surface area contributed by atoms with E-state index >= 15 is 0 Å². The number of hydrogen-bond donors (Lipinski definition) is 0. The van der Waals surface area contributed by atoms with E-state index in [1.807, 2.05) is 0 Å². The van der Waals surface area contributed by atoms with Gasteiger partial charge in [-0.15, -0.1) is 0 Å². The minimum Gasteiger partial charge on any atom is -0.468 e. The van der Waals surface area contributed by atoms with Gasteiger partial charge in [-0.2, -0.15) is 0 Å². The van der Waals surface area contributed by atoms with Crippen LogP contribution in [0.5, 0.6) is 11.5 Å². The molecule has 258 valence electrons. The van der Waals surface area contributed by atoms with Gasteiger partial charge in [0, 0.05) is 27.8 Å². The average Bonchev–Trinajstić information content (AvgIpc) is 3.40. The zero-order valence-electron chi connectivity index (χ0n) is 32.6. The average molecular weight is 664 g/mol. The predicted octanol–water partition coefficient (Wildman–Crippen LogP) is 11.1. The van der Waals surface area contributed by atoms with Gasteiger partial charge in [-0.3, -0.25) is 0 Å². The van der Waals surface area contributed by atoms with E-state index in [1.165, 1.54) is 44.4 Å². The van der Waals surface area contributed by atoms with E-state index in [-0.39, 0.29) is 33.8 Å². The Kier molecular flexibility index (Phi) is 6.87. The molecule has 0 saturated heterocycles. The number of hydrogen-bond acceptors (Lipinski definition) is 3. The zero-order chi connectivity index (χ0) is 35.9. The molecule has 50 heavy (non-hydrogen) atoms. The van der Waals surface area contributed by atoms with Crippen LogP contribution in [0.15, 0.2) is 71.1 Å². The molecule has 8 rings (SSSR count). The Labute approximate surface area is 300 Å². The van der Waals surface area contributed by atoms with Crippen LogP contribution in [0.3, 0.4) is 0 Å². The quantitative estimate of drug-likeness (QED) is 0.164. The largest absolute Gasteiger partial charge is 0.468 e. The summed E-state index contributed by atoms with van der Waals surface area (Å²) in [6.07, 6.45) is 2.29. The molecule has 0 spiro atoms. The number of ether oxygens (including phenoxy) is 1. The molecule has 0 bridgehead atoms. The summed E-state index contributed by atoms with van der Waals surface area (Å²) in [5.41, 5.74) is 14.5. The molecule has 1 aliphatic carbocycles. The fourth-order valence-corrected chi connectivity index (χ4v) is 8.69. The van der Waals surface area contributed by atoms with Crippen molar-refractivity contribution >= 4 is 51.3 Å². The van der Waals surface area contributed by atoms with Gasteiger partial charge in [0.1, 0.15) is 17.1 Å². The summed E-state index contributed by atoms with van der Waals surface area (Å²) < 4.78 is 14.5. The van der Waals surface area contributed by atoms with E-state index in [4.69, 9.17) is 9.15 Å². The summed E-state index contributed by atoms with van der Waals surface area (Å²) in [4.78, 5) is 2.48. The molecular weight excluding hydrogens is 609 g/mol. The lowest BCUT2D eigenvalue weighted by Gasteiger charge is -2.45. The fraction of sp³-hybridized carbons (Fsp3) is 0.435. The highest BCUT2D eigenvalue weighted by Gasteiger charge is 2.49. The van der Waals surface area contributed by atoms with E-state index < -0.39 is 0 Å². The van der Waals surface area contributed by atoms with Crippen molar-refractivity contribution in [3.8, 4) is 11.5 Å². The maximum absolute atomic E-state index is 7.32. The van der Waals surface area contributed by atoms with Gasteiger partial charge in [0.2, 0.25) is 0 Å². The van der Waals surface area contributed by atoms with Gasteiger partial charge in [0.05, 0.1) is 11.3 Å². The monoisotopic (exact) mass is 663 g/mol. The summed E-state index contributed by atoms with van der Waals surface area (Å²) in [5.74, 6) is 2.00. The molecule has 0 amide bonds. The molecular formula is C46H54BNO2. The molecule has 3 nitrogen and oxygen atoms in total. The van der Waals surface area contributed by atoms with Crippen molar-refractivity contribution in [2.24, 2.45) is 0 Å². The highest BCUT2D eigenvalue weighted by Crippen LogP contribution is 2.52. The van der Waals surface area contributed by atoms with Crippen molar-refractivity contribution in [1.82, 2.24) is 0 Å².